The van der Waals surface area contributed by atoms with E-state index >= 15 is 0 Å². The second-order valence-corrected chi connectivity index (χ2v) is 8.90. The van der Waals surface area contributed by atoms with Crippen molar-refractivity contribution in [3.05, 3.63) is 53.6 Å². The summed E-state index contributed by atoms with van der Waals surface area (Å²) in [5.41, 5.74) is 1.47. The summed E-state index contributed by atoms with van der Waals surface area (Å²) < 4.78 is 43.7. The first kappa shape index (κ1) is 20.0. The van der Waals surface area contributed by atoms with Crippen LogP contribution in [0.5, 0.6) is 0 Å². The summed E-state index contributed by atoms with van der Waals surface area (Å²) in [6.07, 6.45) is 1.97. The van der Waals surface area contributed by atoms with E-state index in [0.717, 1.165) is 31.9 Å². The Morgan fingerprint density at radius 3 is 2.44 bits per heavy atom. The minimum Gasteiger partial charge on any atom is -0.353 e. The molecule has 8 heteroatoms. The SMILES string of the molecule is Cc1cc(F)ccc1S(=O)(=O)NCC(c1cccn1C)N1CCN(C)CC1. The molecular formula is C19H27FN4O2S. The van der Waals surface area contributed by atoms with Crippen LogP contribution < -0.4 is 4.72 Å². The number of sulfonamides is 1. The molecule has 3 rings (SSSR count). The van der Waals surface area contributed by atoms with Gasteiger partial charge in [0.1, 0.15) is 5.82 Å². The standard InChI is InChI=1S/C19H27FN4O2S/c1-15-13-16(20)6-7-19(15)27(25,26)21-14-18(17-5-4-8-23(17)3)24-11-9-22(2)10-12-24/h4-8,13,18,21H,9-12,14H2,1-3H3. The molecule has 1 saturated heterocycles. The summed E-state index contributed by atoms with van der Waals surface area (Å²) in [6, 6.07) is 7.67. The molecule has 27 heavy (non-hydrogen) atoms. The normalized spacial score (nSPS) is 17.9. The molecule has 0 radical (unpaired) electrons. The van der Waals surface area contributed by atoms with Gasteiger partial charge in [0.2, 0.25) is 10.0 Å². The monoisotopic (exact) mass is 394 g/mol. The summed E-state index contributed by atoms with van der Waals surface area (Å²) in [6.45, 7) is 5.52. The molecule has 1 aromatic heterocycles. The smallest absolute Gasteiger partial charge is 0.240 e. The summed E-state index contributed by atoms with van der Waals surface area (Å²) in [7, 11) is 0.342. The molecule has 0 aliphatic carbocycles. The zero-order valence-corrected chi connectivity index (χ0v) is 16.8. The zero-order valence-electron chi connectivity index (χ0n) is 16.0. The number of benzene rings is 1. The van der Waals surface area contributed by atoms with Crippen LogP contribution in [0.25, 0.3) is 0 Å². The van der Waals surface area contributed by atoms with Gasteiger partial charge in [-0.1, -0.05) is 0 Å². The lowest BCUT2D eigenvalue weighted by molar-refractivity contribution is 0.109. The summed E-state index contributed by atoms with van der Waals surface area (Å²) >= 11 is 0. The highest BCUT2D eigenvalue weighted by molar-refractivity contribution is 7.89. The van der Waals surface area contributed by atoms with Gasteiger partial charge in [-0.05, 0) is 49.9 Å². The predicted octanol–water partition coefficient (Wildman–Crippen LogP) is 1.74. The number of aryl methyl sites for hydroxylation is 2. The quantitative estimate of drug-likeness (QED) is 0.811. The van der Waals surface area contributed by atoms with Gasteiger partial charge in [0.05, 0.1) is 10.9 Å². The van der Waals surface area contributed by atoms with Crippen molar-refractivity contribution in [1.29, 1.82) is 0 Å². The molecule has 1 aromatic carbocycles. The Kier molecular flexibility index (Phi) is 6.00. The highest BCUT2D eigenvalue weighted by Crippen LogP contribution is 2.23. The first-order chi connectivity index (χ1) is 12.8. The molecule has 0 amide bonds. The van der Waals surface area contributed by atoms with E-state index in [1.54, 1.807) is 6.92 Å². The zero-order chi connectivity index (χ0) is 19.6. The maximum atomic E-state index is 13.3. The molecule has 6 nitrogen and oxygen atoms in total. The fraction of sp³-hybridized carbons (Fsp3) is 0.474. The minimum absolute atomic E-state index is 0.0609. The molecule has 1 aliphatic heterocycles. The minimum atomic E-state index is -3.72. The number of likely N-dealkylation sites (N-methyl/N-ethyl adjacent to an activating group) is 1. The van der Waals surface area contributed by atoms with Crippen molar-refractivity contribution in [3.63, 3.8) is 0 Å². The van der Waals surface area contributed by atoms with Crippen LogP contribution in [0.15, 0.2) is 41.4 Å². The van der Waals surface area contributed by atoms with Crippen molar-refractivity contribution in [2.24, 2.45) is 7.05 Å². The van der Waals surface area contributed by atoms with E-state index in [0.29, 0.717) is 5.56 Å². The Balaban J connectivity index is 1.81. The number of halogens is 1. The number of rotatable bonds is 6. The highest BCUT2D eigenvalue weighted by Gasteiger charge is 2.27. The average Bonchev–Trinajstić information content (AvgIpc) is 3.02. The van der Waals surface area contributed by atoms with Gasteiger partial charge in [-0.15, -0.1) is 0 Å². The third-order valence-corrected chi connectivity index (χ3v) is 6.78. The number of nitrogens with zero attached hydrogens (tertiary/aromatic N) is 3. The molecule has 1 N–H and O–H groups in total. The lowest BCUT2D eigenvalue weighted by atomic mass is 10.1. The van der Waals surface area contributed by atoms with Crippen LogP contribution in [-0.4, -0.2) is 62.6 Å². The lowest BCUT2D eigenvalue weighted by Crippen LogP contribution is -2.48. The first-order valence-electron chi connectivity index (χ1n) is 9.07. The van der Waals surface area contributed by atoms with Gasteiger partial charge in [0.25, 0.3) is 0 Å². The van der Waals surface area contributed by atoms with Crippen LogP contribution in [0.2, 0.25) is 0 Å². The number of hydrogen-bond acceptors (Lipinski definition) is 4. The molecule has 2 heterocycles. The molecule has 0 saturated carbocycles. The first-order valence-corrected chi connectivity index (χ1v) is 10.6. The Morgan fingerprint density at radius 1 is 1.15 bits per heavy atom. The molecule has 1 fully saturated rings. The number of aromatic nitrogens is 1. The molecule has 148 valence electrons. The van der Waals surface area contributed by atoms with E-state index in [-0.39, 0.29) is 17.5 Å². The van der Waals surface area contributed by atoms with Crippen molar-refractivity contribution in [2.75, 3.05) is 39.8 Å². The molecule has 1 atom stereocenters. The van der Waals surface area contributed by atoms with Crippen LogP contribution in [0.1, 0.15) is 17.3 Å². The van der Waals surface area contributed by atoms with Crippen LogP contribution in [0.4, 0.5) is 4.39 Å². The highest BCUT2D eigenvalue weighted by atomic mass is 32.2. The van der Waals surface area contributed by atoms with Gasteiger partial charge in [-0.25, -0.2) is 17.5 Å². The Morgan fingerprint density at radius 2 is 1.85 bits per heavy atom. The Hall–Kier alpha value is -1.74. The third kappa shape index (κ3) is 4.57. The lowest BCUT2D eigenvalue weighted by Gasteiger charge is -2.38. The van der Waals surface area contributed by atoms with Crippen molar-refractivity contribution in [2.45, 2.75) is 17.9 Å². The third-order valence-electron chi connectivity index (χ3n) is 5.20. The largest absolute Gasteiger partial charge is 0.353 e. The summed E-state index contributed by atoms with van der Waals surface area (Å²) in [4.78, 5) is 4.70. The van der Waals surface area contributed by atoms with Crippen LogP contribution in [-0.2, 0) is 17.1 Å². The molecule has 0 spiro atoms. The number of hydrogen-bond donors (Lipinski definition) is 1. The maximum Gasteiger partial charge on any atom is 0.240 e. The Labute approximate surface area is 160 Å². The fourth-order valence-corrected chi connectivity index (χ4v) is 4.82. The molecule has 0 bridgehead atoms. The molecular weight excluding hydrogens is 367 g/mol. The summed E-state index contributed by atoms with van der Waals surface area (Å²) in [5.74, 6) is -0.439. The van der Waals surface area contributed by atoms with Crippen LogP contribution in [0, 0.1) is 12.7 Å². The maximum absolute atomic E-state index is 13.3. The molecule has 2 aromatic rings. The Bertz CT molecular complexity index is 889. The van der Waals surface area contributed by atoms with Gasteiger partial charge in [-0.3, -0.25) is 4.90 Å². The molecule has 1 unspecified atom stereocenters. The second kappa shape index (κ2) is 8.10. The van der Waals surface area contributed by atoms with Crippen molar-refractivity contribution >= 4 is 10.0 Å². The van der Waals surface area contributed by atoms with Gasteiger partial charge in [-0.2, -0.15) is 0 Å². The van der Waals surface area contributed by atoms with E-state index in [2.05, 4.69) is 21.6 Å². The number of piperazine rings is 1. The van der Waals surface area contributed by atoms with E-state index in [1.807, 2.05) is 29.9 Å². The molecule has 1 aliphatic rings. The van der Waals surface area contributed by atoms with Crippen molar-refractivity contribution in [3.8, 4) is 0 Å². The van der Waals surface area contributed by atoms with Gasteiger partial charge in [0, 0.05) is 51.7 Å². The van der Waals surface area contributed by atoms with Gasteiger partial charge >= 0.3 is 0 Å². The number of nitrogens with one attached hydrogen (secondary N) is 1. The van der Waals surface area contributed by atoms with Crippen LogP contribution >= 0.6 is 0 Å². The fourth-order valence-electron chi connectivity index (χ4n) is 3.56. The van der Waals surface area contributed by atoms with Crippen LogP contribution in [0.3, 0.4) is 0 Å². The second-order valence-electron chi connectivity index (χ2n) is 7.16. The van der Waals surface area contributed by atoms with Gasteiger partial charge in [0.15, 0.2) is 0 Å². The van der Waals surface area contributed by atoms with Crippen molar-refractivity contribution in [1.82, 2.24) is 19.1 Å². The van der Waals surface area contributed by atoms with E-state index < -0.39 is 15.8 Å². The average molecular weight is 395 g/mol. The van der Waals surface area contributed by atoms with E-state index in [1.165, 1.54) is 18.2 Å². The van der Waals surface area contributed by atoms with Crippen molar-refractivity contribution < 1.29 is 12.8 Å². The summed E-state index contributed by atoms with van der Waals surface area (Å²) in [5, 5.41) is 0. The van der Waals surface area contributed by atoms with Gasteiger partial charge < -0.3 is 9.47 Å². The van der Waals surface area contributed by atoms with E-state index in [9.17, 15) is 12.8 Å². The predicted molar refractivity (Wildman–Crippen MR) is 104 cm³/mol. The van der Waals surface area contributed by atoms with E-state index in [4.69, 9.17) is 0 Å². The topological polar surface area (TPSA) is 57.6 Å².